The lowest BCUT2D eigenvalue weighted by atomic mass is 9.92. The Kier molecular flexibility index (Phi) is 8.69. The predicted molar refractivity (Wildman–Crippen MR) is 181 cm³/mol. The molecule has 13 heteroatoms. The normalized spacial score (nSPS) is 17.0. The van der Waals surface area contributed by atoms with Crippen LogP contribution in [0.25, 0.3) is 11.1 Å². The zero-order valence-electron chi connectivity index (χ0n) is 27.5. The highest BCUT2D eigenvalue weighted by molar-refractivity contribution is 7.92. The van der Waals surface area contributed by atoms with Gasteiger partial charge in [0.25, 0.3) is 10.0 Å². The van der Waals surface area contributed by atoms with Gasteiger partial charge in [0.1, 0.15) is 0 Å². The quantitative estimate of drug-likeness (QED) is 0.174. The highest BCUT2D eigenvalue weighted by atomic mass is 32.2. The second-order valence-electron chi connectivity index (χ2n) is 12.8. The van der Waals surface area contributed by atoms with Crippen molar-refractivity contribution >= 4 is 39.2 Å². The molecule has 3 N–H and O–H groups in total. The highest BCUT2D eigenvalue weighted by Crippen LogP contribution is 2.41. The summed E-state index contributed by atoms with van der Waals surface area (Å²) in [5.74, 6) is -0.978. The number of para-hydroxylation sites is 1. The van der Waals surface area contributed by atoms with Gasteiger partial charge in [0, 0.05) is 42.8 Å². The van der Waals surface area contributed by atoms with Crippen LogP contribution in [0.2, 0.25) is 0 Å². The molecule has 252 valence electrons. The lowest BCUT2D eigenvalue weighted by Gasteiger charge is -2.28. The number of amides is 1. The van der Waals surface area contributed by atoms with Crippen LogP contribution in [-0.2, 0) is 32.6 Å². The van der Waals surface area contributed by atoms with Crippen LogP contribution in [0.5, 0.6) is 0 Å². The molecule has 1 fully saturated rings. The number of hydrogen-bond acceptors (Lipinski definition) is 9. The number of benzene rings is 3. The maximum atomic E-state index is 13.8. The van der Waals surface area contributed by atoms with Crippen LogP contribution >= 0.6 is 0 Å². The first-order chi connectivity index (χ1) is 22.8. The van der Waals surface area contributed by atoms with Crippen LogP contribution in [-0.4, -0.2) is 55.0 Å². The fourth-order valence-electron chi connectivity index (χ4n) is 6.28. The maximum absolute atomic E-state index is 13.8. The molecule has 1 saturated heterocycles. The Morgan fingerprint density at radius 3 is 2.54 bits per heavy atom. The lowest BCUT2D eigenvalue weighted by Crippen LogP contribution is -2.38. The number of aromatic carboxylic acids is 1. The average Bonchev–Trinajstić information content (AvgIpc) is 3.65. The number of rotatable bonds is 11. The fourth-order valence-corrected chi connectivity index (χ4v) is 7.55. The number of aryl methyl sites for hydroxylation is 1. The number of carboxylic acid groups (broad SMARTS) is 1. The van der Waals surface area contributed by atoms with Gasteiger partial charge in [-0.2, -0.15) is 0 Å². The van der Waals surface area contributed by atoms with E-state index in [1.165, 1.54) is 6.07 Å². The zero-order chi connectivity index (χ0) is 34.4. The number of likely N-dealkylation sites (tertiary alicyclic amines) is 1. The number of nitrogens with zero attached hydrogens (tertiary/aromatic N) is 3. The largest absolute Gasteiger partial charge is 0.478 e. The second kappa shape index (κ2) is 12.6. The summed E-state index contributed by atoms with van der Waals surface area (Å²) in [7, 11) is -4.12. The van der Waals surface area contributed by atoms with Gasteiger partial charge in [-0.05, 0) is 62.1 Å². The fraction of sp³-hybridized carbons (Fsp3) is 0.343. The highest BCUT2D eigenvalue weighted by Gasteiger charge is 2.39. The Hall–Kier alpha value is -4.88. The van der Waals surface area contributed by atoms with E-state index in [-0.39, 0.29) is 35.3 Å². The number of ether oxygens (including phenoxy) is 1. The monoisotopic (exact) mass is 673 g/mol. The molecule has 3 aromatic carbocycles. The summed E-state index contributed by atoms with van der Waals surface area (Å²) in [5.41, 5.74) is 4.66. The van der Waals surface area contributed by atoms with Gasteiger partial charge in [-0.1, -0.05) is 61.5 Å². The summed E-state index contributed by atoms with van der Waals surface area (Å²) < 4.78 is 41.4. The molecule has 0 saturated carbocycles. The van der Waals surface area contributed by atoms with E-state index in [1.807, 2.05) is 49.9 Å². The first-order valence-corrected chi connectivity index (χ1v) is 17.3. The molecule has 6 rings (SSSR count). The third-order valence-corrected chi connectivity index (χ3v) is 10.4. The first-order valence-electron chi connectivity index (χ1n) is 15.8. The van der Waals surface area contributed by atoms with Gasteiger partial charge in [0.05, 0.1) is 27.5 Å². The van der Waals surface area contributed by atoms with E-state index in [2.05, 4.69) is 15.2 Å². The summed E-state index contributed by atoms with van der Waals surface area (Å²) in [6.07, 6.45) is 0.102. The number of fused-ring (bicyclic) bond motifs is 1. The van der Waals surface area contributed by atoms with Crippen molar-refractivity contribution in [2.45, 2.75) is 65.4 Å². The third kappa shape index (κ3) is 6.11. The molecule has 0 bridgehead atoms. The van der Waals surface area contributed by atoms with Gasteiger partial charge >= 0.3 is 5.97 Å². The molecular formula is C35H39N5O7S. The Morgan fingerprint density at radius 2 is 1.88 bits per heavy atom. The maximum Gasteiger partial charge on any atom is 0.337 e. The second-order valence-corrected chi connectivity index (χ2v) is 14.4. The van der Waals surface area contributed by atoms with E-state index in [4.69, 9.17) is 9.26 Å². The van der Waals surface area contributed by atoms with Crippen molar-refractivity contribution in [2.75, 3.05) is 28.1 Å². The summed E-state index contributed by atoms with van der Waals surface area (Å²) in [5, 5.41) is 17.1. The predicted octanol–water partition coefficient (Wildman–Crippen LogP) is 5.97. The molecule has 0 spiro atoms. The van der Waals surface area contributed by atoms with E-state index in [9.17, 15) is 23.1 Å². The lowest BCUT2D eigenvalue weighted by molar-refractivity contribution is -0.135. The van der Waals surface area contributed by atoms with Gasteiger partial charge in [0.2, 0.25) is 18.1 Å². The van der Waals surface area contributed by atoms with Crippen LogP contribution in [0, 0.1) is 19.3 Å². The van der Waals surface area contributed by atoms with Crippen LogP contribution in [0.15, 0.2) is 70.1 Å². The number of hydrogen-bond donors (Lipinski definition) is 3. The van der Waals surface area contributed by atoms with Gasteiger partial charge in [0.15, 0.2) is 0 Å². The molecule has 0 aliphatic carbocycles. The summed E-state index contributed by atoms with van der Waals surface area (Å²) in [6, 6.07) is 17.5. The minimum Gasteiger partial charge on any atom is -0.478 e. The molecule has 1 atom stereocenters. The van der Waals surface area contributed by atoms with Crippen molar-refractivity contribution in [3.63, 3.8) is 0 Å². The standard InChI is InChI=1S/C35H39N5O7S/c1-6-46-34-36-28-12-9-11-27(32(41)42)30(28)40(34)19-23-14-15-25(24(18-23)20-39-17-16-35(4,5)33(39)43)26-10-7-8-13-29(26)48(44,45)38-31-21(2)22(3)37-47-31/h7-15,18,34,36,38H,6,16-17,19-20H2,1-5H3,(H,41,42). The van der Waals surface area contributed by atoms with Crippen molar-refractivity contribution in [2.24, 2.45) is 5.41 Å². The van der Waals surface area contributed by atoms with E-state index in [0.717, 1.165) is 11.1 Å². The number of sulfonamides is 1. The smallest absolute Gasteiger partial charge is 0.337 e. The molecule has 1 amide bonds. The molecule has 1 unspecified atom stereocenters. The van der Waals surface area contributed by atoms with E-state index >= 15 is 0 Å². The molecule has 1 aromatic heterocycles. The third-order valence-electron chi connectivity index (χ3n) is 9.05. The number of carboxylic acids is 1. The van der Waals surface area contributed by atoms with Crippen LogP contribution in [0.4, 0.5) is 17.3 Å². The van der Waals surface area contributed by atoms with Crippen LogP contribution < -0.4 is 14.9 Å². The molecular weight excluding hydrogens is 634 g/mol. The van der Waals surface area contributed by atoms with Crippen LogP contribution in [0.3, 0.4) is 0 Å². The molecule has 4 aromatic rings. The minimum atomic E-state index is -4.12. The van der Waals surface area contributed by atoms with Gasteiger partial charge < -0.3 is 29.5 Å². The Balaban J connectivity index is 1.43. The van der Waals surface area contributed by atoms with E-state index in [0.29, 0.717) is 53.3 Å². The SMILES string of the molecule is CCOC1Nc2cccc(C(=O)O)c2N1Cc1ccc(-c2ccccc2S(=O)(=O)Nc2onc(C)c2C)c(CN2CCC(C)(C)C2=O)c1. The topological polar surface area (TPSA) is 154 Å². The molecule has 2 aliphatic rings. The van der Waals surface area contributed by atoms with Gasteiger partial charge in [-0.15, -0.1) is 0 Å². The molecule has 12 nitrogen and oxygen atoms in total. The van der Waals surface area contributed by atoms with Gasteiger partial charge in [-0.25, -0.2) is 17.9 Å². The first kappa shape index (κ1) is 33.0. The van der Waals surface area contributed by atoms with Crippen molar-refractivity contribution in [1.82, 2.24) is 10.1 Å². The summed E-state index contributed by atoms with van der Waals surface area (Å²) in [6.45, 7) is 10.7. The Morgan fingerprint density at radius 1 is 1.10 bits per heavy atom. The van der Waals surface area contributed by atoms with Crippen molar-refractivity contribution in [3.05, 3.63) is 88.6 Å². The van der Waals surface area contributed by atoms with Crippen LogP contribution in [0.1, 0.15) is 59.9 Å². The summed E-state index contributed by atoms with van der Waals surface area (Å²) >= 11 is 0. The average molecular weight is 674 g/mol. The van der Waals surface area contributed by atoms with Crippen molar-refractivity contribution < 1.29 is 32.4 Å². The van der Waals surface area contributed by atoms with E-state index in [1.54, 1.807) is 49.1 Å². The number of nitrogens with one attached hydrogen (secondary N) is 2. The molecule has 0 radical (unpaired) electrons. The molecule has 3 heterocycles. The number of anilines is 3. The molecule has 48 heavy (non-hydrogen) atoms. The number of aromatic nitrogens is 1. The number of carbonyl (C=O) groups is 2. The summed E-state index contributed by atoms with van der Waals surface area (Å²) in [4.78, 5) is 29.3. The zero-order valence-corrected chi connectivity index (χ0v) is 28.3. The number of carbonyl (C=O) groups excluding carboxylic acids is 1. The van der Waals surface area contributed by atoms with E-state index < -0.39 is 27.8 Å². The van der Waals surface area contributed by atoms with Crippen molar-refractivity contribution in [3.8, 4) is 11.1 Å². The Labute approximate surface area is 279 Å². The molecule has 2 aliphatic heterocycles. The Bertz CT molecular complexity index is 2010. The van der Waals surface area contributed by atoms with Gasteiger partial charge in [-0.3, -0.25) is 4.79 Å². The minimum absolute atomic E-state index is 0.0257. The van der Waals surface area contributed by atoms with Crippen molar-refractivity contribution in [1.29, 1.82) is 0 Å².